The monoisotopic (exact) mass is 509 g/mol. The molecule has 1 aromatic carbocycles. The maximum atomic E-state index is 12.7. The van der Waals surface area contributed by atoms with Crippen molar-refractivity contribution < 1.29 is 18.7 Å². The SMILES string of the molecule is O=C(c1ccco1)N1CCN([C@H](c2cccc(Cl)c2)c2sc3nc(-c4ccco4)nn3c2O)CC1. The highest BCUT2D eigenvalue weighted by Gasteiger charge is 2.33. The number of furan rings is 2. The number of rotatable bonds is 5. The highest BCUT2D eigenvalue weighted by molar-refractivity contribution is 7.17. The minimum atomic E-state index is -0.282. The standard InChI is InChI=1S/C24H20ClN5O4S/c25-16-5-1-4-15(14-16)19(28-8-10-29(11-9-28)22(31)18-7-3-13-34-18)20-23(32)30-24(35-20)26-21(27-30)17-6-2-12-33-17/h1-7,12-14,19,32H,8-11H2/t19-/m1/s1. The fraction of sp³-hybridized carbons (Fsp3) is 0.208. The summed E-state index contributed by atoms with van der Waals surface area (Å²) in [7, 11) is 0. The number of carbonyl (C=O) groups excluding carboxylic acids is 1. The van der Waals surface area contributed by atoms with Crippen LogP contribution in [0.4, 0.5) is 0 Å². The van der Waals surface area contributed by atoms with Crippen LogP contribution in [0.3, 0.4) is 0 Å². The average molecular weight is 510 g/mol. The van der Waals surface area contributed by atoms with Gasteiger partial charge in [0.2, 0.25) is 16.7 Å². The Labute approximate surface area is 208 Å². The molecule has 5 aromatic rings. The zero-order chi connectivity index (χ0) is 23.9. The van der Waals surface area contributed by atoms with E-state index in [9.17, 15) is 9.90 Å². The van der Waals surface area contributed by atoms with Gasteiger partial charge in [-0.3, -0.25) is 9.69 Å². The number of fused-ring (bicyclic) bond motifs is 1. The van der Waals surface area contributed by atoms with Gasteiger partial charge in [-0.05, 0) is 42.0 Å². The van der Waals surface area contributed by atoms with Crippen LogP contribution in [0.1, 0.15) is 27.0 Å². The van der Waals surface area contributed by atoms with Crippen LogP contribution in [0.25, 0.3) is 16.5 Å². The minimum absolute atomic E-state index is 0.0226. The molecule has 0 bridgehead atoms. The summed E-state index contributed by atoms with van der Waals surface area (Å²) < 4.78 is 12.1. The molecule has 1 aliphatic rings. The molecule has 9 nitrogen and oxygen atoms in total. The molecule has 0 saturated carbocycles. The van der Waals surface area contributed by atoms with Crippen molar-refractivity contribution in [1.82, 2.24) is 24.4 Å². The topological polar surface area (TPSA) is 100 Å². The highest BCUT2D eigenvalue weighted by atomic mass is 35.5. The fourth-order valence-corrected chi connectivity index (χ4v) is 5.70. The first-order chi connectivity index (χ1) is 17.1. The third-order valence-electron chi connectivity index (χ3n) is 6.05. The van der Waals surface area contributed by atoms with Crippen molar-refractivity contribution in [2.45, 2.75) is 6.04 Å². The molecule has 1 N–H and O–H groups in total. The quantitative estimate of drug-likeness (QED) is 0.371. The average Bonchev–Trinajstić information content (AvgIpc) is 3.67. The van der Waals surface area contributed by atoms with Crippen molar-refractivity contribution in [2.24, 2.45) is 0 Å². The summed E-state index contributed by atoms with van der Waals surface area (Å²) >= 11 is 7.70. The van der Waals surface area contributed by atoms with Gasteiger partial charge in [-0.15, -0.1) is 5.10 Å². The van der Waals surface area contributed by atoms with E-state index in [-0.39, 0.29) is 17.8 Å². The van der Waals surface area contributed by atoms with Crippen molar-refractivity contribution >= 4 is 33.8 Å². The molecule has 1 amide bonds. The molecule has 0 aliphatic carbocycles. The van der Waals surface area contributed by atoms with E-state index in [0.717, 1.165) is 5.56 Å². The molecule has 1 atom stereocenters. The predicted molar refractivity (Wildman–Crippen MR) is 130 cm³/mol. The van der Waals surface area contributed by atoms with Gasteiger partial charge in [0.1, 0.15) is 0 Å². The normalized spacial score (nSPS) is 15.6. The van der Waals surface area contributed by atoms with Crippen LogP contribution < -0.4 is 0 Å². The van der Waals surface area contributed by atoms with Crippen LogP contribution in [0.5, 0.6) is 5.88 Å². The number of nitrogens with zero attached hydrogens (tertiary/aromatic N) is 5. The molecular formula is C24H20ClN5O4S. The summed E-state index contributed by atoms with van der Waals surface area (Å²) in [4.78, 5) is 22.5. The van der Waals surface area contributed by atoms with Crippen LogP contribution in [0.15, 0.2) is 69.9 Å². The number of benzene rings is 1. The largest absolute Gasteiger partial charge is 0.492 e. The van der Waals surface area contributed by atoms with E-state index in [4.69, 9.17) is 20.4 Å². The minimum Gasteiger partial charge on any atom is -0.492 e. The third kappa shape index (κ3) is 3.99. The molecule has 178 valence electrons. The zero-order valence-corrected chi connectivity index (χ0v) is 19.9. The van der Waals surface area contributed by atoms with E-state index < -0.39 is 0 Å². The molecule has 11 heteroatoms. The van der Waals surface area contributed by atoms with Gasteiger partial charge in [-0.1, -0.05) is 35.1 Å². The third-order valence-corrected chi connectivity index (χ3v) is 7.36. The molecule has 6 rings (SSSR count). The van der Waals surface area contributed by atoms with Gasteiger partial charge in [-0.2, -0.15) is 9.50 Å². The lowest BCUT2D eigenvalue weighted by atomic mass is 10.0. The second-order valence-corrected chi connectivity index (χ2v) is 9.61. The number of carbonyl (C=O) groups is 1. The Morgan fingerprint density at radius 3 is 2.54 bits per heavy atom. The van der Waals surface area contributed by atoms with Gasteiger partial charge in [0.05, 0.1) is 23.4 Å². The molecular weight excluding hydrogens is 490 g/mol. The lowest BCUT2D eigenvalue weighted by molar-refractivity contribution is 0.0568. The van der Waals surface area contributed by atoms with Crippen molar-refractivity contribution in [3.05, 3.63) is 82.3 Å². The van der Waals surface area contributed by atoms with Gasteiger partial charge in [0, 0.05) is 31.2 Å². The maximum Gasteiger partial charge on any atom is 0.289 e. The van der Waals surface area contributed by atoms with E-state index in [0.29, 0.717) is 58.4 Å². The Morgan fingerprint density at radius 1 is 1.06 bits per heavy atom. The van der Waals surface area contributed by atoms with Gasteiger partial charge in [-0.25, -0.2) is 0 Å². The first-order valence-corrected chi connectivity index (χ1v) is 12.2. The maximum absolute atomic E-state index is 12.7. The van der Waals surface area contributed by atoms with Crippen molar-refractivity contribution in [1.29, 1.82) is 0 Å². The number of piperazine rings is 1. The lowest BCUT2D eigenvalue weighted by Gasteiger charge is -2.38. The van der Waals surface area contributed by atoms with Gasteiger partial charge >= 0.3 is 0 Å². The Hall–Kier alpha value is -3.60. The highest BCUT2D eigenvalue weighted by Crippen LogP contribution is 2.41. The number of hydrogen-bond acceptors (Lipinski definition) is 8. The Balaban J connectivity index is 1.33. The molecule has 1 aliphatic heterocycles. The Kier molecular flexibility index (Phi) is 5.56. The summed E-state index contributed by atoms with van der Waals surface area (Å²) in [6, 6.07) is 14.2. The number of aromatic nitrogens is 3. The predicted octanol–water partition coefficient (Wildman–Crippen LogP) is 4.55. The number of amides is 1. The van der Waals surface area contributed by atoms with Gasteiger partial charge < -0.3 is 18.8 Å². The molecule has 4 aromatic heterocycles. The summed E-state index contributed by atoms with van der Waals surface area (Å²) in [5, 5.41) is 16.3. The van der Waals surface area contributed by atoms with E-state index in [1.807, 2.05) is 24.3 Å². The van der Waals surface area contributed by atoms with Crippen molar-refractivity contribution in [2.75, 3.05) is 26.2 Å². The summed E-state index contributed by atoms with van der Waals surface area (Å²) in [6.07, 6.45) is 3.06. The summed E-state index contributed by atoms with van der Waals surface area (Å²) in [5.74, 6) is 1.17. The van der Waals surface area contributed by atoms with Gasteiger partial charge in [0.25, 0.3) is 5.91 Å². The molecule has 1 saturated heterocycles. The Bertz CT molecular complexity index is 1470. The zero-order valence-electron chi connectivity index (χ0n) is 18.4. The van der Waals surface area contributed by atoms with E-state index >= 15 is 0 Å². The van der Waals surface area contributed by atoms with Crippen LogP contribution in [0.2, 0.25) is 5.02 Å². The van der Waals surface area contributed by atoms with Gasteiger partial charge in [0.15, 0.2) is 11.5 Å². The molecule has 0 unspecified atom stereocenters. The van der Waals surface area contributed by atoms with E-state index in [2.05, 4.69) is 15.0 Å². The van der Waals surface area contributed by atoms with Crippen LogP contribution in [0, 0.1) is 0 Å². The van der Waals surface area contributed by atoms with E-state index in [1.54, 1.807) is 35.4 Å². The second-order valence-electron chi connectivity index (χ2n) is 8.16. The molecule has 0 radical (unpaired) electrons. The number of hydrogen-bond donors (Lipinski definition) is 1. The molecule has 5 heterocycles. The van der Waals surface area contributed by atoms with Crippen molar-refractivity contribution in [3.63, 3.8) is 0 Å². The van der Waals surface area contributed by atoms with E-state index in [1.165, 1.54) is 22.1 Å². The first-order valence-electron chi connectivity index (χ1n) is 11.0. The van der Waals surface area contributed by atoms with Crippen LogP contribution in [-0.2, 0) is 0 Å². The summed E-state index contributed by atoms with van der Waals surface area (Å²) in [5.41, 5.74) is 0.939. The molecule has 35 heavy (non-hydrogen) atoms. The van der Waals surface area contributed by atoms with Crippen LogP contribution in [-0.4, -0.2) is 61.6 Å². The molecule has 0 spiro atoms. The lowest BCUT2D eigenvalue weighted by Crippen LogP contribution is -2.49. The Morgan fingerprint density at radius 2 is 1.86 bits per heavy atom. The number of halogens is 1. The van der Waals surface area contributed by atoms with Crippen LogP contribution >= 0.6 is 22.9 Å². The molecule has 1 fully saturated rings. The number of thiazole rings is 1. The smallest absolute Gasteiger partial charge is 0.289 e. The summed E-state index contributed by atoms with van der Waals surface area (Å²) in [6.45, 7) is 2.27. The fourth-order valence-electron chi connectivity index (χ4n) is 4.38. The first kappa shape index (κ1) is 21.9. The number of aromatic hydroxyl groups is 1. The van der Waals surface area contributed by atoms with Crippen molar-refractivity contribution in [3.8, 4) is 17.5 Å². The second kappa shape index (κ2) is 8.88.